The molecule has 1 aromatic rings. The van der Waals surface area contributed by atoms with Crippen molar-refractivity contribution in [2.24, 2.45) is 0 Å². The number of amides is 2. The molecule has 1 rings (SSSR count). The Morgan fingerprint density at radius 2 is 1.72 bits per heavy atom. The molecule has 0 saturated carbocycles. The molecule has 0 heterocycles. The van der Waals surface area contributed by atoms with Crippen molar-refractivity contribution in [2.45, 2.75) is 37.8 Å². The van der Waals surface area contributed by atoms with Crippen molar-refractivity contribution in [1.82, 2.24) is 14.5 Å². The number of nitrogens with one attached hydrogen (secondary N) is 1. The van der Waals surface area contributed by atoms with Crippen LogP contribution in [0.4, 0.5) is 4.79 Å². The van der Waals surface area contributed by atoms with Gasteiger partial charge in [-0.1, -0.05) is 12.1 Å². The lowest BCUT2D eigenvalue weighted by molar-refractivity contribution is -0.137. The first kappa shape index (κ1) is 20.9. The van der Waals surface area contributed by atoms with Gasteiger partial charge in [-0.25, -0.2) is 13.2 Å². The Bertz CT molecular complexity index is 701. The van der Waals surface area contributed by atoms with Gasteiger partial charge >= 0.3 is 12.0 Å². The number of carboxylic acids is 1. The molecular formula is C16H25N3O5S. The Balaban J connectivity index is 2.66. The standard InChI is InChI=1S/C16H25N3O5S/c1-12(2)19(4)25(23,24)14-7-5-13(6-8-14)11-17-16(22)18(3)10-9-15(20)21/h5-8,12H,9-11H2,1-4H3,(H,17,22)(H,20,21). The smallest absolute Gasteiger partial charge is 0.317 e. The number of benzene rings is 1. The zero-order valence-electron chi connectivity index (χ0n) is 14.9. The number of nitrogens with zero attached hydrogens (tertiary/aromatic N) is 2. The van der Waals surface area contributed by atoms with E-state index < -0.39 is 22.0 Å². The van der Waals surface area contributed by atoms with Crippen molar-refractivity contribution in [3.05, 3.63) is 29.8 Å². The van der Waals surface area contributed by atoms with Crippen LogP contribution in [0.1, 0.15) is 25.8 Å². The Kier molecular flexibility index (Phi) is 7.38. The normalized spacial score (nSPS) is 11.6. The summed E-state index contributed by atoms with van der Waals surface area (Å²) in [7, 11) is -0.495. The van der Waals surface area contributed by atoms with E-state index >= 15 is 0 Å². The predicted octanol–water partition coefficient (Wildman–Crippen LogP) is 1.33. The molecule has 0 aliphatic carbocycles. The highest BCUT2D eigenvalue weighted by Crippen LogP contribution is 2.17. The third kappa shape index (κ3) is 6.02. The molecule has 0 radical (unpaired) electrons. The predicted molar refractivity (Wildman–Crippen MR) is 93.6 cm³/mol. The molecule has 0 unspecified atom stereocenters. The van der Waals surface area contributed by atoms with Crippen LogP contribution in [0.2, 0.25) is 0 Å². The lowest BCUT2D eigenvalue weighted by Gasteiger charge is -2.21. The fourth-order valence-corrected chi connectivity index (χ4v) is 3.27. The van der Waals surface area contributed by atoms with Gasteiger partial charge in [-0.2, -0.15) is 4.31 Å². The average molecular weight is 371 g/mol. The number of carboxylic acid groups (broad SMARTS) is 1. The van der Waals surface area contributed by atoms with Crippen LogP contribution < -0.4 is 5.32 Å². The van der Waals surface area contributed by atoms with Crippen molar-refractivity contribution in [2.75, 3.05) is 20.6 Å². The van der Waals surface area contributed by atoms with Crippen LogP contribution in [0, 0.1) is 0 Å². The highest BCUT2D eigenvalue weighted by atomic mass is 32.2. The van der Waals surface area contributed by atoms with Crippen LogP contribution in [-0.4, -0.2) is 61.4 Å². The molecule has 0 aromatic heterocycles. The van der Waals surface area contributed by atoms with E-state index in [9.17, 15) is 18.0 Å². The van der Waals surface area contributed by atoms with Crippen LogP contribution in [0.5, 0.6) is 0 Å². The molecule has 0 fully saturated rings. The second-order valence-electron chi connectivity index (χ2n) is 5.98. The number of hydrogen-bond donors (Lipinski definition) is 2. The van der Waals surface area contributed by atoms with Gasteiger partial charge in [-0.3, -0.25) is 4.79 Å². The number of sulfonamides is 1. The van der Waals surface area contributed by atoms with Crippen molar-refractivity contribution in [3.63, 3.8) is 0 Å². The summed E-state index contributed by atoms with van der Waals surface area (Å²) in [6.45, 7) is 3.92. The Hall–Kier alpha value is -2.13. The Labute approximate surface area is 148 Å². The van der Waals surface area contributed by atoms with Crippen LogP contribution >= 0.6 is 0 Å². The minimum Gasteiger partial charge on any atom is -0.481 e. The third-order valence-electron chi connectivity index (χ3n) is 3.78. The number of urea groups is 1. The largest absolute Gasteiger partial charge is 0.481 e. The second-order valence-corrected chi connectivity index (χ2v) is 7.98. The molecule has 8 nitrogen and oxygen atoms in total. The number of carbonyl (C=O) groups excluding carboxylic acids is 1. The molecule has 140 valence electrons. The van der Waals surface area contributed by atoms with E-state index in [1.165, 1.54) is 35.4 Å². The van der Waals surface area contributed by atoms with Crippen LogP contribution in [0.25, 0.3) is 0 Å². The van der Waals surface area contributed by atoms with Gasteiger partial charge in [0, 0.05) is 33.2 Å². The van der Waals surface area contributed by atoms with E-state index in [0.29, 0.717) is 0 Å². The second kappa shape index (κ2) is 8.82. The summed E-state index contributed by atoms with van der Waals surface area (Å²) in [5.74, 6) is -0.970. The third-order valence-corrected chi connectivity index (χ3v) is 5.83. The van der Waals surface area contributed by atoms with E-state index in [-0.39, 0.29) is 30.4 Å². The van der Waals surface area contributed by atoms with Gasteiger partial charge in [0.1, 0.15) is 0 Å². The van der Waals surface area contributed by atoms with E-state index in [1.807, 2.05) is 0 Å². The summed E-state index contributed by atoms with van der Waals surface area (Å²) in [6.07, 6.45) is -0.125. The van der Waals surface area contributed by atoms with E-state index in [0.717, 1.165) is 5.56 Å². The Morgan fingerprint density at radius 3 is 2.20 bits per heavy atom. The zero-order valence-corrected chi connectivity index (χ0v) is 15.7. The molecule has 0 saturated heterocycles. The van der Waals surface area contributed by atoms with E-state index in [4.69, 9.17) is 5.11 Å². The highest BCUT2D eigenvalue weighted by molar-refractivity contribution is 7.89. The maximum atomic E-state index is 12.4. The molecule has 0 atom stereocenters. The van der Waals surface area contributed by atoms with Crippen LogP contribution in [0.15, 0.2) is 29.2 Å². The van der Waals surface area contributed by atoms with Gasteiger partial charge in [-0.15, -0.1) is 0 Å². The lowest BCUT2D eigenvalue weighted by atomic mass is 10.2. The SMILES string of the molecule is CC(C)N(C)S(=O)(=O)c1ccc(CNC(=O)N(C)CCC(=O)O)cc1. The fourth-order valence-electron chi connectivity index (χ4n) is 1.90. The summed E-state index contributed by atoms with van der Waals surface area (Å²) < 4.78 is 26.0. The summed E-state index contributed by atoms with van der Waals surface area (Å²) in [5.41, 5.74) is 0.742. The van der Waals surface area contributed by atoms with Gasteiger partial charge in [-0.05, 0) is 31.5 Å². The average Bonchev–Trinajstić information content (AvgIpc) is 2.56. The molecule has 0 aliphatic heterocycles. The highest BCUT2D eigenvalue weighted by Gasteiger charge is 2.22. The first-order valence-corrected chi connectivity index (χ1v) is 9.27. The molecule has 2 N–H and O–H groups in total. The minimum absolute atomic E-state index is 0.111. The quantitative estimate of drug-likeness (QED) is 0.717. The lowest BCUT2D eigenvalue weighted by Crippen LogP contribution is -2.38. The topological polar surface area (TPSA) is 107 Å². The molecule has 0 spiro atoms. The molecule has 1 aromatic carbocycles. The summed E-state index contributed by atoms with van der Waals surface area (Å²) in [5, 5.41) is 11.3. The van der Waals surface area contributed by atoms with Gasteiger partial charge < -0.3 is 15.3 Å². The van der Waals surface area contributed by atoms with Gasteiger partial charge in [0.05, 0.1) is 11.3 Å². The maximum absolute atomic E-state index is 12.4. The monoisotopic (exact) mass is 371 g/mol. The first-order valence-electron chi connectivity index (χ1n) is 7.83. The molecule has 0 bridgehead atoms. The zero-order chi connectivity index (χ0) is 19.2. The summed E-state index contributed by atoms with van der Waals surface area (Å²) in [6, 6.07) is 5.74. The molecular weight excluding hydrogens is 346 g/mol. The minimum atomic E-state index is -3.53. The van der Waals surface area contributed by atoms with E-state index in [2.05, 4.69) is 5.32 Å². The molecule has 2 amide bonds. The first-order chi connectivity index (χ1) is 11.6. The summed E-state index contributed by atoms with van der Waals surface area (Å²) in [4.78, 5) is 23.8. The molecule has 0 aliphatic rings. The summed E-state index contributed by atoms with van der Waals surface area (Å²) >= 11 is 0. The molecule has 9 heteroatoms. The fraction of sp³-hybridized carbons (Fsp3) is 0.500. The number of aliphatic carboxylic acids is 1. The van der Waals surface area contributed by atoms with Crippen molar-refractivity contribution >= 4 is 22.0 Å². The maximum Gasteiger partial charge on any atom is 0.317 e. The van der Waals surface area contributed by atoms with Crippen LogP contribution in [-0.2, 0) is 21.4 Å². The number of rotatable bonds is 8. The van der Waals surface area contributed by atoms with Crippen molar-refractivity contribution < 1.29 is 23.1 Å². The van der Waals surface area contributed by atoms with Crippen LogP contribution in [0.3, 0.4) is 0 Å². The van der Waals surface area contributed by atoms with Crippen molar-refractivity contribution in [1.29, 1.82) is 0 Å². The van der Waals surface area contributed by atoms with Gasteiger partial charge in [0.25, 0.3) is 0 Å². The number of hydrogen-bond acceptors (Lipinski definition) is 4. The van der Waals surface area contributed by atoms with E-state index in [1.54, 1.807) is 26.0 Å². The van der Waals surface area contributed by atoms with Gasteiger partial charge in [0.15, 0.2) is 0 Å². The van der Waals surface area contributed by atoms with Gasteiger partial charge in [0.2, 0.25) is 10.0 Å². The Morgan fingerprint density at radius 1 is 1.16 bits per heavy atom. The van der Waals surface area contributed by atoms with Crippen molar-refractivity contribution in [3.8, 4) is 0 Å². The number of carbonyl (C=O) groups is 2. The molecule has 25 heavy (non-hydrogen) atoms.